The van der Waals surface area contributed by atoms with Gasteiger partial charge < -0.3 is 9.80 Å². The molecule has 0 unspecified atom stereocenters. The predicted octanol–water partition coefficient (Wildman–Crippen LogP) is 1.40. The van der Waals surface area contributed by atoms with Crippen LogP contribution in [0.3, 0.4) is 0 Å². The lowest BCUT2D eigenvalue weighted by atomic mass is 10.1. The molecule has 2 aromatic heterocycles. The first-order chi connectivity index (χ1) is 11.6. The molecule has 0 bridgehead atoms. The van der Waals surface area contributed by atoms with Gasteiger partial charge in [0.05, 0.1) is 29.4 Å². The Morgan fingerprint density at radius 1 is 1.38 bits per heavy atom. The Morgan fingerprint density at radius 2 is 2.21 bits per heavy atom. The van der Waals surface area contributed by atoms with Gasteiger partial charge in [0.15, 0.2) is 0 Å². The third-order valence-corrected chi connectivity index (χ3v) is 5.47. The van der Waals surface area contributed by atoms with E-state index < -0.39 is 0 Å². The van der Waals surface area contributed by atoms with Gasteiger partial charge in [-0.2, -0.15) is 5.10 Å². The van der Waals surface area contributed by atoms with Crippen LogP contribution in [-0.4, -0.2) is 51.1 Å². The number of aromatic nitrogens is 3. The Hall–Kier alpha value is -2.22. The Morgan fingerprint density at radius 3 is 2.88 bits per heavy atom. The molecule has 24 heavy (non-hydrogen) atoms. The number of anilines is 1. The van der Waals surface area contributed by atoms with E-state index in [2.05, 4.69) is 10.1 Å². The predicted molar refractivity (Wildman–Crippen MR) is 90.0 cm³/mol. The summed E-state index contributed by atoms with van der Waals surface area (Å²) < 4.78 is 1.88. The fourth-order valence-corrected chi connectivity index (χ4v) is 3.95. The smallest absolute Gasteiger partial charge is 0.228 e. The maximum absolute atomic E-state index is 12.3. The summed E-state index contributed by atoms with van der Waals surface area (Å²) in [5, 5.41) is 5.36. The quantitative estimate of drug-likeness (QED) is 0.840. The van der Waals surface area contributed by atoms with E-state index in [1.807, 2.05) is 22.7 Å². The van der Waals surface area contributed by atoms with E-state index in [-0.39, 0.29) is 17.9 Å². The molecule has 0 N–H and O–H groups in total. The van der Waals surface area contributed by atoms with E-state index in [0.29, 0.717) is 25.9 Å². The van der Waals surface area contributed by atoms with Gasteiger partial charge in [0, 0.05) is 43.3 Å². The van der Waals surface area contributed by atoms with Crippen molar-refractivity contribution in [2.24, 2.45) is 0 Å². The van der Waals surface area contributed by atoms with Crippen LogP contribution < -0.4 is 4.90 Å². The summed E-state index contributed by atoms with van der Waals surface area (Å²) in [4.78, 5) is 32.9. The van der Waals surface area contributed by atoms with E-state index in [1.54, 1.807) is 28.6 Å². The Bertz CT molecular complexity index is 777. The molecule has 8 heteroatoms. The lowest BCUT2D eigenvalue weighted by Crippen LogP contribution is -2.51. The van der Waals surface area contributed by atoms with E-state index >= 15 is 0 Å². The molecule has 2 aromatic rings. The van der Waals surface area contributed by atoms with Crippen molar-refractivity contribution < 1.29 is 9.59 Å². The van der Waals surface area contributed by atoms with Gasteiger partial charge in [-0.15, -0.1) is 11.3 Å². The molecule has 4 rings (SSSR count). The average Bonchev–Trinajstić information content (AvgIpc) is 3.19. The molecule has 0 spiro atoms. The van der Waals surface area contributed by atoms with Crippen LogP contribution in [0.15, 0.2) is 18.6 Å². The first-order valence-corrected chi connectivity index (χ1v) is 8.95. The van der Waals surface area contributed by atoms with Gasteiger partial charge in [0.2, 0.25) is 11.8 Å². The number of hydrogen-bond acceptors (Lipinski definition) is 5. The maximum atomic E-state index is 12.3. The Labute approximate surface area is 143 Å². The number of thiazole rings is 1. The Balaban J connectivity index is 1.33. The molecule has 126 valence electrons. The summed E-state index contributed by atoms with van der Waals surface area (Å²) in [7, 11) is 0. The van der Waals surface area contributed by atoms with Gasteiger partial charge in [-0.3, -0.25) is 14.3 Å². The van der Waals surface area contributed by atoms with Crippen molar-refractivity contribution in [3.63, 3.8) is 0 Å². The number of likely N-dealkylation sites (tertiary alicyclic amines) is 1. The fraction of sp³-hybridized carbons (Fsp3) is 0.500. The summed E-state index contributed by atoms with van der Waals surface area (Å²) in [5.41, 5.74) is 0.863. The van der Waals surface area contributed by atoms with Gasteiger partial charge in [-0.25, -0.2) is 4.98 Å². The molecule has 0 saturated carbocycles. The number of carbonyl (C=O) groups is 2. The second-order valence-corrected chi connectivity index (χ2v) is 7.62. The van der Waals surface area contributed by atoms with Crippen LogP contribution in [0.25, 0.3) is 0 Å². The summed E-state index contributed by atoms with van der Waals surface area (Å²) >= 11 is 1.57. The molecular formula is C16H19N5O2S. The van der Waals surface area contributed by atoms with E-state index in [1.165, 1.54) is 0 Å². The van der Waals surface area contributed by atoms with Crippen molar-refractivity contribution in [2.45, 2.75) is 32.2 Å². The van der Waals surface area contributed by atoms with Crippen LogP contribution in [0.4, 0.5) is 5.69 Å². The van der Waals surface area contributed by atoms with Crippen LogP contribution in [0.2, 0.25) is 0 Å². The second-order valence-electron chi connectivity index (χ2n) is 6.30. The third-order valence-electron chi connectivity index (χ3n) is 4.56. The van der Waals surface area contributed by atoms with Gasteiger partial charge >= 0.3 is 0 Å². The Kier molecular flexibility index (Phi) is 3.84. The van der Waals surface area contributed by atoms with Crippen molar-refractivity contribution >= 4 is 28.8 Å². The average molecular weight is 345 g/mol. The number of rotatable bonds is 4. The molecule has 0 aliphatic carbocycles. The zero-order chi connectivity index (χ0) is 16.7. The summed E-state index contributed by atoms with van der Waals surface area (Å²) in [6.45, 7) is 4.06. The van der Waals surface area contributed by atoms with Crippen molar-refractivity contribution in [1.29, 1.82) is 0 Å². The molecule has 2 amide bonds. The highest BCUT2D eigenvalue weighted by Crippen LogP contribution is 2.26. The molecule has 7 nitrogen and oxygen atoms in total. The molecule has 0 radical (unpaired) electrons. The van der Waals surface area contributed by atoms with Crippen LogP contribution in [0, 0.1) is 6.92 Å². The number of aryl methyl sites for hydroxylation is 1. The maximum Gasteiger partial charge on any atom is 0.228 e. The largest absolute Gasteiger partial charge is 0.338 e. The minimum Gasteiger partial charge on any atom is -0.338 e. The fourth-order valence-electron chi connectivity index (χ4n) is 3.16. The number of amides is 2. The molecule has 2 saturated heterocycles. The number of carbonyl (C=O) groups excluding carboxylic acids is 2. The van der Waals surface area contributed by atoms with Gasteiger partial charge in [0.25, 0.3) is 0 Å². The van der Waals surface area contributed by atoms with Gasteiger partial charge in [-0.05, 0) is 13.3 Å². The number of hydrogen-bond donors (Lipinski definition) is 0. The summed E-state index contributed by atoms with van der Waals surface area (Å²) in [5.74, 6) is 0.303. The van der Waals surface area contributed by atoms with Gasteiger partial charge in [0.1, 0.15) is 0 Å². The van der Waals surface area contributed by atoms with E-state index in [4.69, 9.17) is 0 Å². The molecule has 0 aromatic carbocycles. The van der Waals surface area contributed by atoms with E-state index in [0.717, 1.165) is 28.5 Å². The van der Waals surface area contributed by atoms with Crippen LogP contribution in [-0.2, 0) is 16.0 Å². The molecule has 0 atom stereocenters. The molecular weight excluding hydrogens is 326 g/mol. The highest BCUT2D eigenvalue weighted by molar-refractivity contribution is 7.11. The molecule has 4 heterocycles. The van der Waals surface area contributed by atoms with Crippen molar-refractivity contribution in [3.8, 4) is 0 Å². The second kappa shape index (κ2) is 6.01. The standard InChI is InChI=1S/C16H19N5O2S/c1-11-17-7-14(24-11)5-16(23)19-8-13(9-19)21-10-12(6-18-21)20-4-2-3-15(20)22/h6-7,10,13H,2-5,8-9H2,1H3. The molecule has 2 fully saturated rings. The molecule has 2 aliphatic rings. The third kappa shape index (κ3) is 2.82. The minimum absolute atomic E-state index is 0.136. The van der Waals surface area contributed by atoms with Gasteiger partial charge in [-0.1, -0.05) is 0 Å². The van der Waals surface area contributed by atoms with Crippen LogP contribution >= 0.6 is 11.3 Å². The zero-order valence-electron chi connectivity index (χ0n) is 13.5. The highest BCUT2D eigenvalue weighted by Gasteiger charge is 2.33. The normalized spacial score (nSPS) is 18.3. The topological polar surface area (TPSA) is 71.3 Å². The SMILES string of the molecule is Cc1ncc(CC(=O)N2CC(n3cc(N4CCCC4=O)cn3)C2)s1. The lowest BCUT2D eigenvalue weighted by Gasteiger charge is -2.39. The summed E-state index contributed by atoms with van der Waals surface area (Å²) in [6.07, 6.45) is 7.39. The number of nitrogens with zero attached hydrogens (tertiary/aromatic N) is 5. The first kappa shape index (κ1) is 15.3. The zero-order valence-corrected chi connectivity index (χ0v) is 14.3. The van der Waals surface area contributed by atoms with Crippen LogP contribution in [0.1, 0.15) is 28.8 Å². The van der Waals surface area contributed by atoms with Crippen molar-refractivity contribution in [3.05, 3.63) is 28.5 Å². The van der Waals surface area contributed by atoms with Crippen LogP contribution in [0.5, 0.6) is 0 Å². The van der Waals surface area contributed by atoms with Crippen molar-refractivity contribution in [1.82, 2.24) is 19.7 Å². The van der Waals surface area contributed by atoms with E-state index in [9.17, 15) is 9.59 Å². The van der Waals surface area contributed by atoms with Crippen molar-refractivity contribution in [2.75, 3.05) is 24.5 Å². The first-order valence-electron chi connectivity index (χ1n) is 8.14. The highest BCUT2D eigenvalue weighted by atomic mass is 32.1. The monoisotopic (exact) mass is 345 g/mol. The minimum atomic E-state index is 0.136. The lowest BCUT2D eigenvalue weighted by molar-refractivity contribution is -0.136. The molecule has 2 aliphatic heterocycles. The summed E-state index contributed by atoms with van der Waals surface area (Å²) in [6, 6.07) is 0.198.